The topological polar surface area (TPSA) is 108 Å². The van der Waals surface area contributed by atoms with Crippen molar-refractivity contribution < 1.29 is 4.42 Å². The van der Waals surface area contributed by atoms with Gasteiger partial charge in [-0.2, -0.15) is 5.10 Å². The lowest BCUT2D eigenvalue weighted by molar-refractivity contribution is 0.568. The number of furan rings is 1. The van der Waals surface area contributed by atoms with Gasteiger partial charge in [-0.15, -0.1) is 0 Å². The highest BCUT2D eigenvalue weighted by Crippen LogP contribution is 2.20. The second kappa shape index (κ2) is 2.96. The van der Waals surface area contributed by atoms with Gasteiger partial charge < -0.3 is 4.42 Å². The second-order valence-corrected chi connectivity index (χ2v) is 3.24. The fourth-order valence-electron chi connectivity index (χ4n) is 1.58. The van der Waals surface area contributed by atoms with Gasteiger partial charge in [0.25, 0.3) is 11.1 Å². The molecule has 0 aliphatic carbocycles. The standard InChI is InChI=1S/C9H6N4O3/c14-8-5-7(11-13-9(5)15)6(10-12-8)4-1-2-16-3-4/h1-3H,(H,12,14)(H2,11,13,15). The van der Waals surface area contributed by atoms with E-state index in [1.165, 1.54) is 12.5 Å². The fourth-order valence-corrected chi connectivity index (χ4v) is 1.58. The average Bonchev–Trinajstić information content (AvgIpc) is 2.89. The quantitative estimate of drug-likeness (QED) is 0.542. The van der Waals surface area contributed by atoms with Crippen LogP contribution in [0.2, 0.25) is 0 Å². The lowest BCUT2D eigenvalue weighted by Gasteiger charge is -1.95. The number of rotatable bonds is 1. The lowest BCUT2D eigenvalue weighted by atomic mass is 10.2. The second-order valence-electron chi connectivity index (χ2n) is 3.24. The van der Waals surface area contributed by atoms with E-state index >= 15 is 0 Å². The summed E-state index contributed by atoms with van der Waals surface area (Å²) in [7, 11) is 0. The molecule has 0 aliphatic rings. The summed E-state index contributed by atoms with van der Waals surface area (Å²) in [4.78, 5) is 22.8. The Hall–Kier alpha value is -2.57. The van der Waals surface area contributed by atoms with Gasteiger partial charge in [0, 0.05) is 5.56 Å². The molecule has 7 heteroatoms. The first-order valence-corrected chi connectivity index (χ1v) is 4.49. The van der Waals surface area contributed by atoms with Crippen molar-refractivity contribution in [3.63, 3.8) is 0 Å². The first-order valence-electron chi connectivity index (χ1n) is 4.49. The summed E-state index contributed by atoms with van der Waals surface area (Å²) in [6, 6.07) is 1.69. The van der Waals surface area contributed by atoms with Crippen LogP contribution in [0.1, 0.15) is 0 Å². The maximum Gasteiger partial charge on any atom is 0.279 e. The maximum atomic E-state index is 11.4. The van der Waals surface area contributed by atoms with Gasteiger partial charge in [-0.3, -0.25) is 19.8 Å². The van der Waals surface area contributed by atoms with Crippen LogP contribution in [0.15, 0.2) is 32.6 Å². The third-order valence-corrected chi connectivity index (χ3v) is 2.31. The van der Waals surface area contributed by atoms with Crippen molar-refractivity contribution in [1.82, 2.24) is 20.4 Å². The predicted molar refractivity (Wildman–Crippen MR) is 55.0 cm³/mol. The van der Waals surface area contributed by atoms with E-state index in [1.807, 2.05) is 0 Å². The molecule has 0 unspecified atom stereocenters. The molecule has 0 saturated heterocycles. The number of fused-ring (bicyclic) bond motifs is 1. The molecule has 0 spiro atoms. The molecule has 3 rings (SSSR count). The highest BCUT2D eigenvalue weighted by molar-refractivity contribution is 5.89. The molecule has 0 aromatic carbocycles. The summed E-state index contributed by atoms with van der Waals surface area (Å²) >= 11 is 0. The number of nitrogens with one attached hydrogen (secondary N) is 3. The minimum Gasteiger partial charge on any atom is -0.472 e. The van der Waals surface area contributed by atoms with Gasteiger partial charge in [0.2, 0.25) is 0 Å². The van der Waals surface area contributed by atoms with Crippen LogP contribution in [0.3, 0.4) is 0 Å². The summed E-state index contributed by atoms with van der Waals surface area (Å²) in [5.41, 5.74) is 0.515. The molecule has 0 atom stereocenters. The maximum absolute atomic E-state index is 11.4. The van der Waals surface area contributed by atoms with E-state index in [0.29, 0.717) is 16.8 Å². The highest BCUT2D eigenvalue weighted by Gasteiger charge is 2.13. The minimum absolute atomic E-state index is 0.0335. The first-order chi connectivity index (χ1) is 7.77. The van der Waals surface area contributed by atoms with Crippen LogP contribution in [0, 0.1) is 0 Å². The number of aromatic nitrogens is 4. The molecular weight excluding hydrogens is 212 g/mol. The first kappa shape index (κ1) is 8.72. The fraction of sp³-hybridized carbons (Fsp3) is 0. The normalized spacial score (nSPS) is 11.0. The van der Waals surface area contributed by atoms with Gasteiger partial charge >= 0.3 is 0 Å². The van der Waals surface area contributed by atoms with E-state index in [0.717, 1.165) is 0 Å². The summed E-state index contributed by atoms with van der Waals surface area (Å²) in [5, 5.41) is 11.2. The molecular formula is C9H6N4O3. The zero-order valence-electron chi connectivity index (χ0n) is 7.90. The molecule has 3 heterocycles. The van der Waals surface area contributed by atoms with E-state index in [1.54, 1.807) is 6.07 Å². The smallest absolute Gasteiger partial charge is 0.279 e. The molecule has 3 aromatic rings. The Balaban J connectivity index is 2.49. The van der Waals surface area contributed by atoms with Crippen molar-refractivity contribution >= 4 is 10.9 Å². The molecule has 3 aromatic heterocycles. The van der Waals surface area contributed by atoms with Crippen LogP contribution in [-0.4, -0.2) is 20.4 Å². The van der Waals surface area contributed by atoms with E-state index in [-0.39, 0.29) is 5.39 Å². The largest absolute Gasteiger partial charge is 0.472 e. The number of nitrogens with zero attached hydrogens (tertiary/aromatic N) is 1. The van der Waals surface area contributed by atoms with Gasteiger partial charge in [-0.1, -0.05) is 0 Å². The Morgan fingerprint density at radius 3 is 2.81 bits per heavy atom. The monoisotopic (exact) mass is 218 g/mol. The zero-order chi connectivity index (χ0) is 11.1. The van der Waals surface area contributed by atoms with Crippen molar-refractivity contribution in [3.8, 4) is 11.3 Å². The average molecular weight is 218 g/mol. The summed E-state index contributed by atoms with van der Waals surface area (Å²) in [6.07, 6.45) is 2.96. The third kappa shape index (κ3) is 1.05. The SMILES string of the molecule is O=c1[nH]nc(-c2ccoc2)c2[nH][nH]c(=O)c12. The van der Waals surface area contributed by atoms with Crippen LogP contribution >= 0.6 is 0 Å². The molecule has 0 fully saturated rings. The third-order valence-electron chi connectivity index (χ3n) is 2.31. The molecule has 0 bridgehead atoms. The van der Waals surface area contributed by atoms with Crippen molar-refractivity contribution in [1.29, 1.82) is 0 Å². The predicted octanol–water partition coefficient (Wildman–Crippen LogP) is 0.199. The molecule has 7 nitrogen and oxygen atoms in total. The molecule has 0 radical (unpaired) electrons. The van der Waals surface area contributed by atoms with Gasteiger partial charge in [-0.25, -0.2) is 5.10 Å². The Bertz CT molecular complexity index is 747. The van der Waals surface area contributed by atoms with E-state index < -0.39 is 11.1 Å². The molecule has 3 N–H and O–H groups in total. The van der Waals surface area contributed by atoms with Crippen LogP contribution in [0.5, 0.6) is 0 Å². The Kier molecular flexibility index (Phi) is 1.61. The van der Waals surface area contributed by atoms with E-state index in [9.17, 15) is 9.59 Å². The summed E-state index contributed by atoms with van der Waals surface area (Å²) < 4.78 is 4.92. The summed E-state index contributed by atoms with van der Waals surface area (Å²) in [6.45, 7) is 0. The number of hydrogen-bond donors (Lipinski definition) is 3. The van der Waals surface area contributed by atoms with Crippen LogP contribution in [0.4, 0.5) is 0 Å². The van der Waals surface area contributed by atoms with E-state index in [4.69, 9.17) is 4.42 Å². The molecule has 0 saturated carbocycles. The van der Waals surface area contributed by atoms with Crippen molar-refractivity contribution in [2.45, 2.75) is 0 Å². The van der Waals surface area contributed by atoms with Gasteiger partial charge in [0.05, 0.1) is 12.5 Å². The van der Waals surface area contributed by atoms with Crippen molar-refractivity contribution in [3.05, 3.63) is 39.3 Å². The molecule has 16 heavy (non-hydrogen) atoms. The minimum atomic E-state index is -0.523. The van der Waals surface area contributed by atoms with Gasteiger partial charge in [-0.05, 0) is 6.07 Å². The van der Waals surface area contributed by atoms with Gasteiger partial charge in [0.15, 0.2) is 0 Å². The van der Waals surface area contributed by atoms with Crippen molar-refractivity contribution in [2.75, 3.05) is 0 Å². The zero-order valence-corrected chi connectivity index (χ0v) is 7.90. The number of H-pyrrole nitrogens is 3. The lowest BCUT2D eigenvalue weighted by Crippen LogP contribution is -2.15. The summed E-state index contributed by atoms with van der Waals surface area (Å²) in [5.74, 6) is 0. The van der Waals surface area contributed by atoms with Crippen molar-refractivity contribution in [2.24, 2.45) is 0 Å². The Morgan fingerprint density at radius 1 is 1.19 bits per heavy atom. The Labute approximate surface area is 87.1 Å². The van der Waals surface area contributed by atoms with Crippen LogP contribution in [-0.2, 0) is 0 Å². The molecule has 0 aliphatic heterocycles. The van der Waals surface area contributed by atoms with Crippen LogP contribution in [0.25, 0.3) is 22.2 Å². The number of hydrogen-bond acceptors (Lipinski definition) is 4. The number of aromatic amines is 3. The van der Waals surface area contributed by atoms with Gasteiger partial charge in [0.1, 0.15) is 16.6 Å². The molecule has 0 amide bonds. The van der Waals surface area contributed by atoms with Crippen LogP contribution < -0.4 is 11.1 Å². The van der Waals surface area contributed by atoms with E-state index in [2.05, 4.69) is 20.4 Å². The molecule has 80 valence electrons. The highest BCUT2D eigenvalue weighted by atomic mass is 16.3. The Morgan fingerprint density at radius 2 is 2.06 bits per heavy atom.